The summed E-state index contributed by atoms with van der Waals surface area (Å²) in [6.07, 6.45) is 1.78. The van der Waals surface area contributed by atoms with Crippen LogP contribution in [0.15, 0.2) is 59.6 Å². The summed E-state index contributed by atoms with van der Waals surface area (Å²) in [4.78, 5) is 0.0569. The molecule has 1 aliphatic heterocycles. The molecule has 4 rings (SSSR count). The van der Waals surface area contributed by atoms with Crippen molar-refractivity contribution in [1.82, 2.24) is 19.3 Å². The van der Waals surface area contributed by atoms with E-state index in [0.717, 1.165) is 5.75 Å². The van der Waals surface area contributed by atoms with Gasteiger partial charge in [-0.2, -0.15) is 4.31 Å². The van der Waals surface area contributed by atoms with Gasteiger partial charge < -0.3 is 9.47 Å². The molecule has 1 aromatic heterocycles. The van der Waals surface area contributed by atoms with Crippen molar-refractivity contribution in [3.63, 3.8) is 0 Å². The summed E-state index contributed by atoms with van der Waals surface area (Å²) in [5, 5.41) is 8.54. The number of aromatic nitrogens is 3. The van der Waals surface area contributed by atoms with Crippen molar-refractivity contribution in [2.45, 2.75) is 17.5 Å². The van der Waals surface area contributed by atoms with Gasteiger partial charge in [0.2, 0.25) is 10.0 Å². The predicted molar refractivity (Wildman–Crippen MR) is 107 cm³/mol. The number of para-hydroxylation sites is 1. The molecule has 29 heavy (non-hydrogen) atoms. The Kier molecular flexibility index (Phi) is 5.44. The van der Waals surface area contributed by atoms with E-state index in [1.54, 1.807) is 23.0 Å². The van der Waals surface area contributed by atoms with Gasteiger partial charge in [0.05, 0.1) is 19.3 Å². The first-order chi connectivity index (χ1) is 14.0. The molecule has 2 aromatic carbocycles. The molecule has 8 nitrogen and oxygen atoms in total. The number of methoxy groups -OCH3 is 1. The van der Waals surface area contributed by atoms with Crippen LogP contribution in [0.2, 0.25) is 5.02 Å². The molecular weight excluding hydrogens is 416 g/mol. The average molecular weight is 435 g/mol. The van der Waals surface area contributed by atoms with E-state index in [1.807, 2.05) is 30.3 Å². The third-order valence-corrected chi connectivity index (χ3v) is 6.72. The standard InChI is InChI=1S/C19H19ClN4O4S/c1-27-18-8-7-14(20)9-19(18)29(25,26)23-11-16(12-23)24-10-15(21-22-24)13-28-17-5-3-2-4-6-17/h2-10,16H,11-13H2,1H3. The quantitative estimate of drug-likeness (QED) is 0.568. The molecule has 10 heteroatoms. The normalized spacial score (nSPS) is 15.1. The SMILES string of the molecule is COc1ccc(Cl)cc1S(=O)(=O)N1CC(n2cc(COc3ccccc3)nn2)C1. The summed E-state index contributed by atoms with van der Waals surface area (Å²) in [6, 6.07) is 13.9. The molecule has 0 bridgehead atoms. The van der Waals surface area contributed by atoms with Gasteiger partial charge in [-0.1, -0.05) is 35.0 Å². The van der Waals surface area contributed by atoms with Crippen molar-refractivity contribution >= 4 is 21.6 Å². The highest BCUT2D eigenvalue weighted by molar-refractivity contribution is 7.89. The van der Waals surface area contributed by atoms with Crippen LogP contribution in [0.1, 0.15) is 11.7 Å². The number of sulfonamides is 1. The van der Waals surface area contributed by atoms with Gasteiger partial charge in [-0.05, 0) is 30.3 Å². The van der Waals surface area contributed by atoms with Gasteiger partial charge >= 0.3 is 0 Å². The van der Waals surface area contributed by atoms with E-state index in [-0.39, 0.29) is 16.7 Å². The summed E-state index contributed by atoms with van der Waals surface area (Å²) in [7, 11) is -2.28. The molecule has 0 amide bonds. The maximum absolute atomic E-state index is 12.9. The lowest BCUT2D eigenvalue weighted by Gasteiger charge is -2.37. The van der Waals surface area contributed by atoms with Gasteiger partial charge in [0.1, 0.15) is 28.7 Å². The maximum Gasteiger partial charge on any atom is 0.246 e. The van der Waals surface area contributed by atoms with E-state index < -0.39 is 10.0 Å². The van der Waals surface area contributed by atoms with Gasteiger partial charge in [0.15, 0.2) is 0 Å². The number of halogens is 1. The third-order valence-electron chi connectivity index (χ3n) is 4.63. The van der Waals surface area contributed by atoms with Crippen molar-refractivity contribution in [2.75, 3.05) is 20.2 Å². The van der Waals surface area contributed by atoms with Crippen LogP contribution in [-0.2, 0) is 16.6 Å². The molecular formula is C19H19ClN4O4S. The fourth-order valence-corrected chi connectivity index (χ4v) is 4.94. The van der Waals surface area contributed by atoms with E-state index >= 15 is 0 Å². The Hall–Kier alpha value is -2.62. The second kappa shape index (κ2) is 8.02. The molecule has 152 valence electrons. The van der Waals surface area contributed by atoms with E-state index in [1.165, 1.54) is 17.5 Å². The first-order valence-corrected chi connectivity index (χ1v) is 10.7. The fraction of sp³-hybridized carbons (Fsp3) is 0.263. The second-order valence-electron chi connectivity index (χ2n) is 6.56. The van der Waals surface area contributed by atoms with Crippen LogP contribution >= 0.6 is 11.6 Å². The fourth-order valence-electron chi connectivity index (χ4n) is 3.00. The molecule has 0 radical (unpaired) electrons. The predicted octanol–water partition coefficient (Wildman–Crippen LogP) is 2.76. The molecule has 0 unspecified atom stereocenters. The highest BCUT2D eigenvalue weighted by Crippen LogP contribution is 2.34. The van der Waals surface area contributed by atoms with Crippen LogP contribution in [0, 0.1) is 0 Å². The van der Waals surface area contributed by atoms with E-state index in [9.17, 15) is 8.42 Å². The first kappa shape index (κ1) is 19.7. The molecule has 1 aliphatic rings. The maximum atomic E-state index is 12.9. The van der Waals surface area contributed by atoms with Gasteiger partial charge in [0.25, 0.3) is 0 Å². The number of nitrogens with zero attached hydrogens (tertiary/aromatic N) is 4. The first-order valence-electron chi connectivity index (χ1n) is 8.89. The topological polar surface area (TPSA) is 86.6 Å². The van der Waals surface area contributed by atoms with Crippen molar-refractivity contribution < 1.29 is 17.9 Å². The monoisotopic (exact) mass is 434 g/mol. The summed E-state index contributed by atoms with van der Waals surface area (Å²) in [5.74, 6) is 1.01. The highest BCUT2D eigenvalue weighted by Gasteiger charge is 2.39. The van der Waals surface area contributed by atoms with Crippen molar-refractivity contribution in [3.05, 3.63) is 65.4 Å². The minimum absolute atomic E-state index is 0.0569. The van der Waals surface area contributed by atoms with Gasteiger partial charge in [-0.3, -0.25) is 0 Å². The van der Waals surface area contributed by atoms with Gasteiger partial charge in [0, 0.05) is 18.1 Å². The molecule has 1 fully saturated rings. The summed E-state index contributed by atoms with van der Waals surface area (Å²) in [5.41, 5.74) is 0.673. The number of ether oxygens (including phenoxy) is 2. The van der Waals surface area contributed by atoms with Gasteiger partial charge in [-0.15, -0.1) is 5.10 Å². The Morgan fingerprint density at radius 3 is 2.66 bits per heavy atom. The number of benzene rings is 2. The van der Waals surface area contributed by atoms with Crippen LogP contribution in [0.3, 0.4) is 0 Å². The zero-order chi connectivity index (χ0) is 20.4. The van der Waals surface area contributed by atoms with E-state index in [4.69, 9.17) is 21.1 Å². The molecule has 0 atom stereocenters. The zero-order valence-corrected chi connectivity index (χ0v) is 17.2. The average Bonchev–Trinajstić information content (AvgIpc) is 3.14. The van der Waals surface area contributed by atoms with Crippen LogP contribution in [-0.4, -0.2) is 47.9 Å². The number of rotatable bonds is 7. The molecule has 1 saturated heterocycles. The molecule has 2 heterocycles. The highest BCUT2D eigenvalue weighted by atomic mass is 35.5. The van der Waals surface area contributed by atoms with Gasteiger partial charge in [-0.25, -0.2) is 13.1 Å². The number of hydrogen-bond acceptors (Lipinski definition) is 6. The minimum atomic E-state index is -3.71. The molecule has 3 aromatic rings. The van der Waals surface area contributed by atoms with Crippen LogP contribution < -0.4 is 9.47 Å². The van der Waals surface area contributed by atoms with Crippen molar-refractivity contribution in [2.24, 2.45) is 0 Å². The molecule has 0 saturated carbocycles. The van der Waals surface area contributed by atoms with Crippen LogP contribution in [0.25, 0.3) is 0 Å². The second-order valence-corrected chi connectivity index (χ2v) is 8.91. The Labute approximate surface area is 173 Å². The largest absolute Gasteiger partial charge is 0.495 e. The van der Waals surface area contributed by atoms with E-state index in [0.29, 0.717) is 30.4 Å². The lowest BCUT2D eigenvalue weighted by molar-refractivity contribution is 0.188. The zero-order valence-electron chi connectivity index (χ0n) is 15.6. The third kappa shape index (κ3) is 4.07. The molecule has 0 aliphatic carbocycles. The molecule has 0 N–H and O–H groups in total. The van der Waals surface area contributed by atoms with Crippen LogP contribution in [0.4, 0.5) is 0 Å². The summed E-state index contributed by atoms with van der Waals surface area (Å²) in [6.45, 7) is 0.874. The summed E-state index contributed by atoms with van der Waals surface area (Å²) < 4.78 is 39.7. The Morgan fingerprint density at radius 1 is 1.17 bits per heavy atom. The number of hydrogen-bond donors (Lipinski definition) is 0. The van der Waals surface area contributed by atoms with Crippen molar-refractivity contribution in [3.8, 4) is 11.5 Å². The Morgan fingerprint density at radius 2 is 1.93 bits per heavy atom. The molecule has 0 spiro atoms. The van der Waals surface area contributed by atoms with Crippen molar-refractivity contribution in [1.29, 1.82) is 0 Å². The van der Waals surface area contributed by atoms with E-state index in [2.05, 4.69) is 10.3 Å². The van der Waals surface area contributed by atoms with Crippen LogP contribution in [0.5, 0.6) is 11.5 Å². The lowest BCUT2D eigenvalue weighted by Crippen LogP contribution is -2.50. The Bertz CT molecular complexity index is 1100. The minimum Gasteiger partial charge on any atom is -0.495 e. The smallest absolute Gasteiger partial charge is 0.246 e. The lowest BCUT2D eigenvalue weighted by atomic mass is 10.2. The Balaban J connectivity index is 1.40. The summed E-state index contributed by atoms with van der Waals surface area (Å²) >= 11 is 5.97.